The van der Waals surface area contributed by atoms with Crippen molar-refractivity contribution in [1.82, 2.24) is 14.5 Å². The fraction of sp³-hybridized carbons (Fsp3) is 0.625. The number of imidazole rings is 1. The van der Waals surface area contributed by atoms with Crippen molar-refractivity contribution in [2.45, 2.75) is 43.4 Å². The molecule has 2 aromatic rings. The van der Waals surface area contributed by atoms with E-state index in [1.54, 1.807) is 0 Å². The number of aromatic nitrogens is 3. The fourth-order valence-corrected chi connectivity index (χ4v) is 5.80. The van der Waals surface area contributed by atoms with Crippen LogP contribution in [0.4, 0.5) is 0 Å². The molecule has 0 spiro atoms. The predicted molar refractivity (Wildman–Crippen MR) is 92.3 cm³/mol. The highest BCUT2D eigenvalue weighted by atomic mass is 32.2. The minimum Gasteiger partial charge on any atom is -0.311 e. The number of pyridine rings is 1. The van der Waals surface area contributed by atoms with E-state index < -0.39 is 0 Å². The minimum atomic E-state index is 0.615. The molecular weight excluding hydrogens is 298 g/mol. The van der Waals surface area contributed by atoms with Gasteiger partial charge in [-0.2, -0.15) is 23.5 Å². The number of hydrogen-bond donors (Lipinski definition) is 0. The molecule has 21 heavy (non-hydrogen) atoms. The van der Waals surface area contributed by atoms with Crippen molar-refractivity contribution in [3.8, 4) is 0 Å². The number of thioether (sulfide) groups is 2. The van der Waals surface area contributed by atoms with E-state index in [-0.39, 0.29) is 0 Å². The maximum absolute atomic E-state index is 4.96. The normalized spacial score (nSPS) is 26.5. The Morgan fingerprint density at radius 1 is 1.24 bits per heavy atom. The summed E-state index contributed by atoms with van der Waals surface area (Å²) in [7, 11) is 0. The highest BCUT2D eigenvalue weighted by Gasteiger charge is 2.25. The van der Waals surface area contributed by atoms with Crippen LogP contribution in [0.2, 0.25) is 0 Å². The highest BCUT2D eigenvalue weighted by Crippen LogP contribution is 2.34. The molecule has 2 fully saturated rings. The van der Waals surface area contributed by atoms with Crippen molar-refractivity contribution in [2.75, 3.05) is 17.3 Å². The van der Waals surface area contributed by atoms with Crippen molar-refractivity contribution in [2.24, 2.45) is 0 Å². The molecule has 4 rings (SSSR count). The zero-order chi connectivity index (χ0) is 14.1. The molecule has 0 radical (unpaired) electrons. The van der Waals surface area contributed by atoms with Crippen LogP contribution < -0.4 is 0 Å². The standard InChI is InChI=1S/C16H21N3S2/c1-6-14-16(17-7-1)19(10-13-5-3-9-21-13)15(18-14)12-4-2-8-20-11-12/h1,6-7,12-13H,2-5,8-11H2. The highest BCUT2D eigenvalue weighted by molar-refractivity contribution is 8.00. The van der Waals surface area contributed by atoms with Crippen LogP contribution in [-0.2, 0) is 6.54 Å². The Morgan fingerprint density at radius 3 is 3.00 bits per heavy atom. The van der Waals surface area contributed by atoms with Gasteiger partial charge in [0.2, 0.25) is 0 Å². The first-order valence-corrected chi connectivity index (χ1v) is 10.1. The van der Waals surface area contributed by atoms with Crippen LogP contribution >= 0.6 is 23.5 Å². The zero-order valence-corrected chi connectivity index (χ0v) is 13.8. The molecule has 0 bridgehead atoms. The van der Waals surface area contributed by atoms with Crippen molar-refractivity contribution in [3.63, 3.8) is 0 Å². The Kier molecular flexibility index (Phi) is 4.12. The van der Waals surface area contributed by atoms with E-state index in [0.29, 0.717) is 5.92 Å². The summed E-state index contributed by atoms with van der Waals surface area (Å²) in [5, 5.41) is 0.749. The molecule has 0 aromatic carbocycles. The summed E-state index contributed by atoms with van der Waals surface area (Å²) < 4.78 is 2.44. The number of rotatable bonds is 3. The Labute approximate surface area is 134 Å². The van der Waals surface area contributed by atoms with Gasteiger partial charge in [-0.15, -0.1) is 0 Å². The summed E-state index contributed by atoms with van der Waals surface area (Å²) >= 11 is 4.20. The predicted octanol–water partition coefficient (Wildman–Crippen LogP) is 3.94. The lowest BCUT2D eigenvalue weighted by Gasteiger charge is -2.23. The monoisotopic (exact) mass is 319 g/mol. The van der Waals surface area contributed by atoms with E-state index in [0.717, 1.165) is 23.0 Å². The summed E-state index contributed by atoms with van der Waals surface area (Å²) in [5.74, 6) is 5.77. The molecule has 0 saturated carbocycles. The van der Waals surface area contributed by atoms with Crippen LogP contribution in [-0.4, -0.2) is 37.0 Å². The number of nitrogens with zero attached hydrogens (tertiary/aromatic N) is 3. The maximum Gasteiger partial charge on any atom is 0.160 e. The third kappa shape index (κ3) is 2.82. The van der Waals surface area contributed by atoms with Crippen LogP contribution in [0.3, 0.4) is 0 Å². The van der Waals surface area contributed by atoms with Crippen molar-refractivity contribution >= 4 is 34.7 Å². The Bertz CT molecular complexity index is 613. The first kappa shape index (κ1) is 13.9. The molecule has 112 valence electrons. The van der Waals surface area contributed by atoms with Crippen molar-refractivity contribution in [1.29, 1.82) is 0 Å². The van der Waals surface area contributed by atoms with Gasteiger partial charge in [-0.1, -0.05) is 0 Å². The van der Waals surface area contributed by atoms with Crippen LogP contribution in [0.15, 0.2) is 18.3 Å². The second-order valence-corrected chi connectivity index (χ2v) is 8.53. The Balaban J connectivity index is 1.72. The van der Waals surface area contributed by atoms with E-state index in [4.69, 9.17) is 4.98 Å². The lowest BCUT2D eigenvalue weighted by Crippen LogP contribution is -2.18. The molecule has 2 aliphatic rings. The molecule has 2 saturated heterocycles. The molecule has 2 atom stereocenters. The van der Waals surface area contributed by atoms with Gasteiger partial charge < -0.3 is 4.57 Å². The van der Waals surface area contributed by atoms with Crippen molar-refractivity contribution in [3.05, 3.63) is 24.2 Å². The van der Waals surface area contributed by atoms with E-state index >= 15 is 0 Å². The second-order valence-electron chi connectivity index (χ2n) is 5.98. The minimum absolute atomic E-state index is 0.615. The lowest BCUT2D eigenvalue weighted by molar-refractivity contribution is 0.556. The van der Waals surface area contributed by atoms with Crippen LogP contribution in [0.5, 0.6) is 0 Å². The largest absolute Gasteiger partial charge is 0.311 e. The fourth-order valence-electron chi connectivity index (χ4n) is 3.40. The molecule has 3 nitrogen and oxygen atoms in total. The first-order valence-electron chi connectivity index (χ1n) is 7.92. The SMILES string of the molecule is c1cnc2c(c1)nc(C1CCCSC1)n2CC1CCCS1. The zero-order valence-electron chi connectivity index (χ0n) is 12.2. The maximum atomic E-state index is 4.96. The summed E-state index contributed by atoms with van der Waals surface area (Å²) in [4.78, 5) is 9.58. The molecule has 0 amide bonds. The molecule has 0 aliphatic carbocycles. The topological polar surface area (TPSA) is 30.7 Å². The summed E-state index contributed by atoms with van der Waals surface area (Å²) in [5.41, 5.74) is 2.17. The summed E-state index contributed by atoms with van der Waals surface area (Å²) in [6.45, 7) is 1.09. The van der Waals surface area contributed by atoms with E-state index in [2.05, 4.69) is 39.1 Å². The van der Waals surface area contributed by atoms with Gasteiger partial charge in [0.15, 0.2) is 5.65 Å². The third-order valence-corrected chi connectivity index (χ3v) is 7.06. The van der Waals surface area contributed by atoms with Gasteiger partial charge in [0, 0.05) is 29.7 Å². The smallest absolute Gasteiger partial charge is 0.160 e. The Hall–Kier alpha value is -0.680. The molecule has 0 N–H and O–H groups in total. The van der Waals surface area contributed by atoms with Gasteiger partial charge in [-0.25, -0.2) is 9.97 Å². The average Bonchev–Trinajstić information content (AvgIpc) is 3.17. The van der Waals surface area contributed by atoms with Crippen LogP contribution in [0.25, 0.3) is 11.2 Å². The quantitative estimate of drug-likeness (QED) is 0.857. The van der Waals surface area contributed by atoms with E-state index in [9.17, 15) is 0 Å². The van der Waals surface area contributed by atoms with Crippen LogP contribution in [0.1, 0.15) is 37.4 Å². The molecule has 4 heterocycles. The second kappa shape index (κ2) is 6.21. The number of fused-ring (bicyclic) bond motifs is 1. The van der Waals surface area contributed by atoms with Gasteiger partial charge in [0.25, 0.3) is 0 Å². The first-order chi connectivity index (χ1) is 10.4. The van der Waals surface area contributed by atoms with Gasteiger partial charge in [-0.05, 0) is 49.3 Å². The number of hydrogen-bond acceptors (Lipinski definition) is 4. The molecule has 5 heteroatoms. The van der Waals surface area contributed by atoms with Gasteiger partial charge in [-0.3, -0.25) is 0 Å². The third-order valence-electron chi connectivity index (χ3n) is 4.47. The lowest BCUT2D eigenvalue weighted by atomic mass is 10.0. The van der Waals surface area contributed by atoms with Gasteiger partial charge in [0.1, 0.15) is 11.3 Å². The Morgan fingerprint density at radius 2 is 2.19 bits per heavy atom. The van der Waals surface area contributed by atoms with E-state index in [1.807, 2.05) is 12.3 Å². The molecule has 2 aliphatic heterocycles. The average molecular weight is 319 g/mol. The molecule has 2 unspecified atom stereocenters. The molecular formula is C16H21N3S2. The molecule has 2 aromatic heterocycles. The van der Waals surface area contributed by atoms with Gasteiger partial charge in [0.05, 0.1) is 0 Å². The summed E-state index contributed by atoms with van der Waals surface area (Å²) in [6, 6.07) is 4.11. The van der Waals surface area contributed by atoms with E-state index in [1.165, 1.54) is 48.8 Å². The van der Waals surface area contributed by atoms with Crippen LogP contribution in [0, 0.1) is 0 Å². The van der Waals surface area contributed by atoms with Gasteiger partial charge >= 0.3 is 0 Å². The van der Waals surface area contributed by atoms with Crippen molar-refractivity contribution < 1.29 is 0 Å². The summed E-state index contributed by atoms with van der Waals surface area (Å²) in [6.07, 6.45) is 7.22.